The molecule has 0 aromatic heterocycles. The van der Waals surface area contributed by atoms with Gasteiger partial charge in [-0.1, -0.05) is 63.4 Å². The first-order valence-electron chi connectivity index (χ1n) is 9.81. The van der Waals surface area contributed by atoms with Crippen LogP contribution in [0.15, 0.2) is 35.3 Å². The summed E-state index contributed by atoms with van der Waals surface area (Å²) < 4.78 is 0. The number of hydrogen-bond donors (Lipinski definition) is 3. The first kappa shape index (κ1) is 23.7. The van der Waals surface area contributed by atoms with Gasteiger partial charge in [-0.15, -0.1) is 24.0 Å². The first-order valence-corrected chi connectivity index (χ1v) is 9.81. The highest BCUT2D eigenvalue weighted by molar-refractivity contribution is 14.0. The molecular formula is C21H35IN4O. The van der Waals surface area contributed by atoms with E-state index in [0.29, 0.717) is 19.0 Å². The van der Waals surface area contributed by atoms with Gasteiger partial charge in [-0.25, -0.2) is 0 Å². The number of benzene rings is 1. The third-order valence-corrected chi connectivity index (χ3v) is 5.09. The highest BCUT2D eigenvalue weighted by atomic mass is 127. The largest absolute Gasteiger partial charge is 0.356 e. The summed E-state index contributed by atoms with van der Waals surface area (Å²) in [6, 6.07) is 10.8. The molecule has 1 aromatic carbocycles. The molecule has 0 atom stereocenters. The number of aliphatic imine (C=N–C) groups is 1. The first-order chi connectivity index (χ1) is 12.5. The summed E-state index contributed by atoms with van der Waals surface area (Å²) in [6.45, 7) is 5.77. The fourth-order valence-corrected chi connectivity index (χ4v) is 3.36. The fraction of sp³-hybridized carbons (Fsp3) is 0.619. The second-order valence-electron chi connectivity index (χ2n) is 7.75. The van der Waals surface area contributed by atoms with Gasteiger partial charge in [-0.2, -0.15) is 0 Å². The number of carbonyl (C=O) groups is 1. The van der Waals surface area contributed by atoms with Crippen molar-refractivity contribution in [1.29, 1.82) is 0 Å². The standard InChI is InChI=1S/C21H34N4O.HI/c1-21(2,17-10-6-4-7-11-17)16-24-20(22-3)23-15-14-19(26)25-18-12-8-5-9-13-18;/h4,6-7,10-11,18H,5,8-9,12-16H2,1-3H3,(H,25,26)(H2,22,23,24);1H. The second-order valence-corrected chi connectivity index (χ2v) is 7.75. The Morgan fingerprint density at radius 2 is 1.78 bits per heavy atom. The summed E-state index contributed by atoms with van der Waals surface area (Å²) in [4.78, 5) is 16.3. The molecule has 0 unspecified atom stereocenters. The van der Waals surface area contributed by atoms with Gasteiger partial charge in [0.15, 0.2) is 5.96 Å². The van der Waals surface area contributed by atoms with Crippen LogP contribution in [0.5, 0.6) is 0 Å². The lowest BCUT2D eigenvalue weighted by Gasteiger charge is -2.27. The van der Waals surface area contributed by atoms with E-state index >= 15 is 0 Å². The highest BCUT2D eigenvalue weighted by Gasteiger charge is 2.20. The van der Waals surface area contributed by atoms with Gasteiger partial charge in [-0.05, 0) is 18.4 Å². The van der Waals surface area contributed by atoms with Crippen molar-refractivity contribution in [3.05, 3.63) is 35.9 Å². The van der Waals surface area contributed by atoms with Crippen LogP contribution in [0.2, 0.25) is 0 Å². The molecule has 1 saturated carbocycles. The Hall–Kier alpha value is -1.31. The molecule has 1 amide bonds. The van der Waals surface area contributed by atoms with Gasteiger partial charge in [0.2, 0.25) is 5.91 Å². The van der Waals surface area contributed by atoms with Crippen LogP contribution in [0, 0.1) is 0 Å². The van der Waals surface area contributed by atoms with Gasteiger partial charge in [0.05, 0.1) is 0 Å². The molecule has 1 aromatic rings. The van der Waals surface area contributed by atoms with Crippen molar-refractivity contribution in [3.8, 4) is 0 Å². The maximum Gasteiger partial charge on any atom is 0.221 e. The van der Waals surface area contributed by atoms with Gasteiger partial charge >= 0.3 is 0 Å². The van der Waals surface area contributed by atoms with Crippen LogP contribution in [0.1, 0.15) is 57.9 Å². The van der Waals surface area contributed by atoms with Crippen molar-refractivity contribution in [1.82, 2.24) is 16.0 Å². The quantitative estimate of drug-likeness (QED) is 0.314. The number of nitrogens with one attached hydrogen (secondary N) is 3. The zero-order valence-corrected chi connectivity index (χ0v) is 19.2. The number of nitrogens with zero attached hydrogens (tertiary/aromatic N) is 1. The van der Waals surface area contributed by atoms with Crippen LogP contribution in [-0.2, 0) is 10.2 Å². The lowest BCUT2D eigenvalue weighted by molar-refractivity contribution is -0.121. The molecule has 0 aliphatic heterocycles. The van der Waals surface area contributed by atoms with E-state index < -0.39 is 0 Å². The average molecular weight is 486 g/mol. The lowest BCUT2D eigenvalue weighted by atomic mass is 9.85. The molecule has 3 N–H and O–H groups in total. The minimum Gasteiger partial charge on any atom is -0.356 e. The Labute approximate surface area is 181 Å². The van der Waals surface area contributed by atoms with Crippen molar-refractivity contribution in [2.24, 2.45) is 4.99 Å². The lowest BCUT2D eigenvalue weighted by Crippen LogP contribution is -2.44. The van der Waals surface area contributed by atoms with E-state index in [1.54, 1.807) is 7.05 Å². The van der Waals surface area contributed by atoms with Gasteiger partial charge < -0.3 is 16.0 Å². The van der Waals surface area contributed by atoms with E-state index in [1.165, 1.54) is 24.8 Å². The number of carbonyl (C=O) groups excluding carboxylic acids is 1. The normalized spacial score (nSPS) is 15.6. The van der Waals surface area contributed by atoms with E-state index in [-0.39, 0.29) is 35.3 Å². The molecule has 5 nitrogen and oxygen atoms in total. The predicted octanol–water partition coefficient (Wildman–Crippen LogP) is 3.59. The SMILES string of the molecule is CN=C(NCCC(=O)NC1CCCCC1)NCC(C)(C)c1ccccc1.I. The molecular weight excluding hydrogens is 451 g/mol. The summed E-state index contributed by atoms with van der Waals surface area (Å²) in [5, 5.41) is 9.76. The Kier molecular flexibility index (Phi) is 10.7. The number of halogens is 1. The van der Waals surface area contributed by atoms with Crippen LogP contribution in [0.4, 0.5) is 0 Å². The Balaban J connectivity index is 0.00000364. The monoisotopic (exact) mass is 486 g/mol. The van der Waals surface area contributed by atoms with Crippen LogP contribution < -0.4 is 16.0 Å². The van der Waals surface area contributed by atoms with Gasteiger partial charge in [-0.3, -0.25) is 9.79 Å². The number of guanidine groups is 1. The Morgan fingerprint density at radius 1 is 1.11 bits per heavy atom. The zero-order chi connectivity index (χ0) is 18.8. The summed E-state index contributed by atoms with van der Waals surface area (Å²) in [5.41, 5.74) is 1.28. The molecule has 27 heavy (non-hydrogen) atoms. The van der Waals surface area contributed by atoms with E-state index in [1.807, 2.05) is 6.07 Å². The molecule has 0 bridgehead atoms. The minimum atomic E-state index is -0.00274. The second kappa shape index (κ2) is 12.2. The summed E-state index contributed by atoms with van der Waals surface area (Å²) >= 11 is 0. The van der Waals surface area contributed by atoms with Gasteiger partial charge in [0, 0.05) is 38.0 Å². The maximum absolute atomic E-state index is 12.1. The van der Waals surface area contributed by atoms with Gasteiger partial charge in [0.1, 0.15) is 0 Å². The summed E-state index contributed by atoms with van der Waals surface area (Å²) in [6.07, 6.45) is 6.48. The molecule has 1 aliphatic carbocycles. The number of hydrogen-bond acceptors (Lipinski definition) is 2. The summed E-state index contributed by atoms with van der Waals surface area (Å²) in [5.74, 6) is 0.865. The minimum absolute atomic E-state index is 0. The molecule has 152 valence electrons. The average Bonchev–Trinajstić information content (AvgIpc) is 2.66. The molecule has 0 radical (unpaired) electrons. The van der Waals surface area contributed by atoms with Gasteiger partial charge in [0.25, 0.3) is 0 Å². The van der Waals surface area contributed by atoms with Crippen LogP contribution in [0.3, 0.4) is 0 Å². The Bertz CT molecular complexity index is 583. The van der Waals surface area contributed by atoms with E-state index in [4.69, 9.17) is 0 Å². The van der Waals surface area contributed by atoms with Crippen molar-refractivity contribution in [2.45, 2.75) is 63.8 Å². The molecule has 1 aliphatic rings. The smallest absolute Gasteiger partial charge is 0.221 e. The van der Waals surface area contributed by atoms with E-state index in [9.17, 15) is 4.79 Å². The van der Waals surface area contributed by atoms with Crippen LogP contribution in [0.25, 0.3) is 0 Å². The molecule has 1 fully saturated rings. The third-order valence-electron chi connectivity index (χ3n) is 5.09. The van der Waals surface area contributed by atoms with Crippen LogP contribution in [-0.4, -0.2) is 38.0 Å². The molecule has 0 spiro atoms. The summed E-state index contributed by atoms with van der Waals surface area (Å²) in [7, 11) is 1.76. The van der Waals surface area contributed by atoms with Crippen molar-refractivity contribution < 1.29 is 4.79 Å². The molecule has 0 heterocycles. The topological polar surface area (TPSA) is 65.5 Å². The third kappa shape index (κ3) is 8.49. The molecule has 0 saturated heterocycles. The van der Waals surface area contributed by atoms with Crippen LogP contribution >= 0.6 is 24.0 Å². The predicted molar refractivity (Wildman–Crippen MR) is 124 cm³/mol. The highest BCUT2D eigenvalue weighted by Crippen LogP contribution is 2.21. The van der Waals surface area contributed by atoms with E-state index in [2.05, 4.69) is 59.1 Å². The van der Waals surface area contributed by atoms with Crippen molar-refractivity contribution >= 4 is 35.8 Å². The Morgan fingerprint density at radius 3 is 2.41 bits per heavy atom. The van der Waals surface area contributed by atoms with E-state index in [0.717, 1.165) is 25.3 Å². The zero-order valence-electron chi connectivity index (χ0n) is 16.9. The molecule has 2 rings (SSSR count). The fourth-order valence-electron chi connectivity index (χ4n) is 3.36. The maximum atomic E-state index is 12.1. The van der Waals surface area contributed by atoms with Crippen molar-refractivity contribution in [3.63, 3.8) is 0 Å². The number of rotatable bonds is 7. The number of amides is 1. The van der Waals surface area contributed by atoms with Crippen molar-refractivity contribution in [2.75, 3.05) is 20.1 Å². The molecule has 6 heteroatoms.